The van der Waals surface area contributed by atoms with Crippen LogP contribution in [0.4, 0.5) is 11.4 Å². The zero-order chi connectivity index (χ0) is 33.1. The van der Waals surface area contributed by atoms with Gasteiger partial charge in [0.25, 0.3) is 0 Å². The van der Waals surface area contributed by atoms with E-state index in [2.05, 4.69) is 63.6 Å². The molecule has 2 aromatic carbocycles. The smallest absolute Gasteiger partial charge is 0.480 e. The standard InChI is InChI=1S/C12H16BrNO2.C8H10BrN.C4H7BrO2.CH4O.H2N5O.Na/c1-7-5-9(6-8(2)10(7)13)14-12(3,4)11(15)16;1-5-3-7(10)4-6(2)8(5)9;1-4(2,5)3(6)7;1-2;1-2-3-4-5-6;/h5-6,14H,1-4H3,(H,15,16);3-4H,10H2,1-2H3;1-2H3,(H,6,7);2H,1H3;(H2-,1,2,3,4,5,6);/q;;;;-1;+1. The molecule has 232 valence electrons. The molecule has 0 bridgehead atoms. The van der Waals surface area contributed by atoms with Gasteiger partial charge in [0.05, 0.1) is 5.29 Å². The third-order valence-electron chi connectivity index (χ3n) is 4.54. The molecule has 0 radical (unpaired) electrons. The minimum atomic E-state index is -0.966. The summed E-state index contributed by atoms with van der Waals surface area (Å²) in [4.78, 5) is 29.9. The number of carbonyl (C=O) groups is 2. The molecule has 0 fully saturated rings. The maximum absolute atomic E-state index is 11.0. The number of nitroso groups, excluding NO2 is 1. The average molecular weight is 796 g/mol. The summed E-state index contributed by atoms with van der Waals surface area (Å²) >= 11 is 9.88. The second-order valence-corrected chi connectivity index (χ2v) is 12.7. The molecule has 0 unspecified atom stereocenters. The molecule has 0 amide bonds. The van der Waals surface area contributed by atoms with E-state index < -0.39 is 21.8 Å². The quantitative estimate of drug-likeness (QED) is 0.0411. The first kappa shape index (κ1) is 47.1. The number of nitrogens with two attached hydrogens (primary N) is 1. The number of hydrogen-bond donors (Lipinski definition) is 7. The second-order valence-electron chi connectivity index (χ2n) is 9.14. The molecule has 42 heavy (non-hydrogen) atoms. The van der Waals surface area contributed by atoms with Crippen molar-refractivity contribution in [2.24, 2.45) is 10.5 Å². The van der Waals surface area contributed by atoms with Crippen molar-refractivity contribution in [3.63, 3.8) is 0 Å². The fourth-order valence-electron chi connectivity index (χ4n) is 2.45. The molecule has 8 N–H and O–H groups in total. The minimum absolute atomic E-state index is 0. The fourth-order valence-corrected chi connectivity index (χ4v) is 2.91. The fraction of sp³-hybridized carbons (Fsp3) is 0.440. The topological polar surface area (TPSA) is 221 Å². The Balaban J connectivity index is -0.000000240. The number of hydrogen-bond acceptors (Lipinski definition) is 8. The van der Waals surface area contributed by atoms with Gasteiger partial charge in [-0.2, -0.15) is 0 Å². The van der Waals surface area contributed by atoms with Gasteiger partial charge >= 0.3 is 41.5 Å². The average Bonchev–Trinajstić information content (AvgIpc) is 2.86. The third kappa shape index (κ3) is 21.0. The molecular formula is C25H39Br3N7NaO6. The summed E-state index contributed by atoms with van der Waals surface area (Å²) in [6, 6.07) is 7.78. The van der Waals surface area contributed by atoms with Crippen LogP contribution in [0.3, 0.4) is 0 Å². The summed E-state index contributed by atoms with van der Waals surface area (Å²) in [5.41, 5.74) is 21.6. The molecule has 2 aromatic rings. The Morgan fingerprint density at radius 3 is 1.40 bits per heavy atom. The molecule has 0 saturated heterocycles. The summed E-state index contributed by atoms with van der Waals surface area (Å²) in [6.07, 6.45) is 0. The van der Waals surface area contributed by atoms with Crippen LogP contribution in [0.1, 0.15) is 49.9 Å². The molecule has 0 aromatic heterocycles. The summed E-state index contributed by atoms with van der Waals surface area (Å²) < 4.78 is 1.44. The summed E-state index contributed by atoms with van der Waals surface area (Å²) in [5.74, 6) is -1.71. The Morgan fingerprint density at radius 2 is 1.17 bits per heavy atom. The van der Waals surface area contributed by atoms with E-state index in [1.54, 1.807) is 38.8 Å². The van der Waals surface area contributed by atoms with E-state index in [-0.39, 0.29) is 29.6 Å². The Labute approximate surface area is 294 Å². The van der Waals surface area contributed by atoms with Crippen molar-refractivity contribution in [2.45, 2.75) is 65.3 Å². The minimum Gasteiger partial charge on any atom is -0.480 e. The van der Waals surface area contributed by atoms with Crippen LogP contribution in [-0.4, -0.2) is 44.2 Å². The van der Waals surface area contributed by atoms with Crippen LogP contribution in [-0.2, 0) is 9.59 Å². The van der Waals surface area contributed by atoms with Crippen LogP contribution >= 0.6 is 47.8 Å². The molecule has 0 aliphatic carbocycles. The van der Waals surface area contributed by atoms with Gasteiger partial charge in [0, 0.05) is 27.4 Å². The van der Waals surface area contributed by atoms with E-state index in [0.717, 1.165) is 38.6 Å². The van der Waals surface area contributed by atoms with Gasteiger partial charge in [0.2, 0.25) is 0 Å². The van der Waals surface area contributed by atoms with Gasteiger partial charge in [-0.1, -0.05) is 47.8 Å². The first-order valence-corrected chi connectivity index (χ1v) is 13.9. The first-order valence-electron chi connectivity index (χ1n) is 11.5. The van der Waals surface area contributed by atoms with Crippen LogP contribution in [0.25, 0.3) is 5.53 Å². The Morgan fingerprint density at radius 1 is 0.833 bits per heavy atom. The van der Waals surface area contributed by atoms with Gasteiger partial charge in [-0.05, 0) is 102 Å². The van der Waals surface area contributed by atoms with E-state index in [1.807, 2.05) is 52.0 Å². The normalized spacial score (nSPS) is 9.55. The number of nitrogens with zero attached hydrogens (tertiary/aromatic N) is 3. The number of anilines is 2. The van der Waals surface area contributed by atoms with Crippen LogP contribution < -0.4 is 51.7 Å². The first-order chi connectivity index (χ1) is 18.7. The predicted octanol–water partition coefficient (Wildman–Crippen LogP) is 3.54. The van der Waals surface area contributed by atoms with Gasteiger partial charge in [0.15, 0.2) is 0 Å². The molecule has 2 rings (SSSR count). The van der Waals surface area contributed by atoms with E-state index in [1.165, 1.54) is 11.1 Å². The number of carboxylic acids is 2. The second kappa shape index (κ2) is 23.6. The number of alkyl halides is 1. The number of aliphatic hydroxyl groups is 1. The van der Waals surface area contributed by atoms with Crippen LogP contribution in [0, 0.1) is 32.6 Å². The zero-order valence-electron chi connectivity index (χ0n) is 25.4. The van der Waals surface area contributed by atoms with Crippen LogP contribution in [0.5, 0.6) is 0 Å². The summed E-state index contributed by atoms with van der Waals surface area (Å²) in [6.45, 7) is 14.5. The Kier molecular flexibility index (Phi) is 26.5. The Bertz CT molecular complexity index is 1100. The molecule has 0 aliphatic heterocycles. The molecule has 0 atom stereocenters. The van der Waals surface area contributed by atoms with E-state index in [4.69, 9.17) is 31.5 Å². The molecule has 0 spiro atoms. The predicted molar refractivity (Wildman–Crippen MR) is 174 cm³/mol. The maximum Gasteiger partial charge on any atom is 1.00 e. The monoisotopic (exact) mass is 793 g/mol. The molecule has 13 nitrogen and oxygen atoms in total. The van der Waals surface area contributed by atoms with Gasteiger partial charge in [-0.15, -0.1) is 4.91 Å². The van der Waals surface area contributed by atoms with Crippen LogP contribution in [0.15, 0.2) is 43.7 Å². The number of nitrogen functional groups attached to an aromatic ring is 1. The molecular weight excluding hydrogens is 757 g/mol. The number of nitrogens with one attached hydrogen (secondary N) is 3. The van der Waals surface area contributed by atoms with E-state index in [0.29, 0.717) is 0 Å². The number of benzene rings is 2. The SMILES string of the molecule is CC(C)(Br)C(=O)O.CO.Cc1cc(N)cc(C)c1Br.Cc1cc(NC(C)(C)C(=O)O)cc(C)c1Br.[N-]=NNNN=O.[Na+]. The van der Waals surface area contributed by atoms with E-state index in [9.17, 15) is 9.59 Å². The largest absolute Gasteiger partial charge is 1.00 e. The molecule has 0 heterocycles. The number of rotatable bonds is 7. The van der Waals surface area contributed by atoms with Crippen molar-refractivity contribution in [3.8, 4) is 0 Å². The zero-order valence-corrected chi connectivity index (χ0v) is 32.2. The van der Waals surface area contributed by atoms with Crippen molar-refractivity contribution in [1.29, 1.82) is 0 Å². The van der Waals surface area contributed by atoms with Crippen molar-refractivity contribution in [1.82, 2.24) is 11.1 Å². The Hall–Kier alpha value is -1.82. The van der Waals surface area contributed by atoms with Gasteiger partial charge in [-0.25, -0.2) is 10.3 Å². The number of aryl methyl sites for hydroxylation is 4. The summed E-state index contributed by atoms with van der Waals surface area (Å²) in [5, 5.41) is 31.6. The third-order valence-corrected chi connectivity index (χ3v) is 7.38. The van der Waals surface area contributed by atoms with Crippen LogP contribution in [0.2, 0.25) is 0 Å². The van der Waals surface area contributed by atoms with Crippen molar-refractivity contribution in [2.75, 3.05) is 18.2 Å². The number of aliphatic hydroxyl groups excluding tert-OH is 1. The van der Waals surface area contributed by atoms with Gasteiger partial charge < -0.3 is 37.4 Å². The number of aliphatic carboxylic acids is 2. The van der Waals surface area contributed by atoms with Gasteiger partial charge in [-0.3, -0.25) is 10.0 Å². The maximum atomic E-state index is 11.0. The summed E-state index contributed by atoms with van der Waals surface area (Å²) in [7, 11) is 1.00. The van der Waals surface area contributed by atoms with Crippen molar-refractivity contribution in [3.05, 3.63) is 65.9 Å². The number of halogens is 3. The number of carboxylic acid groups (broad SMARTS) is 2. The molecule has 17 heteroatoms. The van der Waals surface area contributed by atoms with E-state index >= 15 is 0 Å². The van der Waals surface area contributed by atoms with Crippen molar-refractivity contribution >= 4 is 71.1 Å². The number of hydrazine groups is 1. The van der Waals surface area contributed by atoms with Crippen molar-refractivity contribution < 1.29 is 54.5 Å². The molecule has 0 saturated carbocycles. The van der Waals surface area contributed by atoms with Gasteiger partial charge in [0.1, 0.15) is 9.86 Å². The molecule has 0 aliphatic rings.